The third-order valence-electron chi connectivity index (χ3n) is 7.30. The van der Waals surface area contributed by atoms with Gasteiger partial charge in [0.1, 0.15) is 11.0 Å². The fourth-order valence-electron chi connectivity index (χ4n) is 5.24. The van der Waals surface area contributed by atoms with Gasteiger partial charge >= 0.3 is 0 Å². The van der Waals surface area contributed by atoms with Crippen LogP contribution in [0.5, 0.6) is 23.0 Å². The number of rotatable bonds is 9. The van der Waals surface area contributed by atoms with Crippen LogP contribution >= 0.6 is 0 Å². The number of aromatic nitrogens is 1. The Labute approximate surface area is 243 Å². The highest BCUT2D eigenvalue weighted by molar-refractivity contribution is 5.93. The molecule has 0 radical (unpaired) electrons. The van der Waals surface area contributed by atoms with Crippen LogP contribution in [0.3, 0.4) is 0 Å². The molecule has 1 saturated carbocycles. The number of anilines is 1. The van der Waals surface area contributed by atoms with Crippen LogP contribution in [0.1, 0.15) is 25.3 Å². The molecule has 1 heterocycles. The molecule has 9 heteroatoms. The summed E-state index contributed by atoms with van der Waals surface area (Å²) in [6, 6.07) is 16.2. The Hall–Kier alpha value is -4.92. The molecule has 0 aliphatic heterocycles. The van der Waals surface area contributed by atoms with Gasteiger partial charge in [-0.25, -0.2) is 0 Å². The summed E-state index contributed by atoms with van der Waals surface area (Å²) in [6.07, 6.45) is 4.30. The predicted octanol–water partition coefficient (Wildman–Crippen LogP) is 3.25. The maximum atomic E-state index is 14.0. The molecule has 0 bridgehead atoms. The van der Waals surface area contributed by atoms with Crippen molar-refractivity contribution in [1.29, 1.82) is 0 Å². The van der Waals surface area contributed by atoms with E-state index < -0.39 is 0 Å². The van der Waals surface area contributed by atoms with Gasteiger partial charge in [0.2, 0.25) is 17.4 Å². The number of carbonyl (C=O) groups is 1. The number of ether oxygens (including phenoxy) is 4. The molecule has 0 saturated heterocycles. The Balaban J connectivity index is 1.57. The number of pyridine rings is 1. The second-order valence-corrected chi connectivity index (χ2v) is 10.2. The van der Waals surface area contributed by atoms with Crippen molar-refractivity contribution in [1.82, 2.24) is 4.57 Å². The summed E-state index contributed by atoms with van der Waals surface area (Å²) in [6.45, 7) is 1.64. The van der Waals surface area contributed by atoms with Gasteiger partial charge in [0, 0.05) is 41.0 Å². The molecule has 0 atom stereocenters. The lowest BCUT2D eigenvalue weighted by molar-refractivity contribution is -0.115. The second kappa shape index (κ2) is 11.9. The summed E-state index contributed by atoms with van der Waals surface area (Å²) < 4.78 is 23.5. The van der Waals surface area contributed by atoms with Gasteiger partial charge in [0.25, 0.3) is 5.56 Å². The number of methoxy groups -OCH3 is 4. The fraction of sp³-hybridized carbons (Fsp3) is 0.273. The SMILES string of the molecule is COc1cc(NC(=O)Cc2cccc(-n3c(=O)c(=C(\C)[OH2+])/c(=C/C4CC4)c4c(OC)cccc43)c2)cc(OC)c1OC. The monoisotopic (exact) mass is 571 g/mol. The van der Waals surface area contributed by atoms with Crippen LogP contribution in [0.25, 0.3) is 28.4 Å². The average Bonchev–Trinajstić information content (AvgIpc) is 3.80. The van der Waals surface area contributed by atoms with Crippen LogP contribution in [-0.2, 0) is 11.2 Å². The Morgan fingerprint density at radius 2 is 1.62 bits per heavy atom. The van der Waals surface area contributed by atoms with Crippen molar-refractivity contribution < 1.29 is 28.8 Å². The molecule has 42 heavy (non-hydrogen) atoms. The van der Waals surface area contributed by atoms with E-state index in [1.165, 1.54) is 21.3 Å². The van der Waals surface area contributed by atoms with Gasteiger partial charge in [-0.2, -0.15) is 0 Å². The van der Waals surface area contributed by atoms with Crippen LogP contribution in [0, 0.1) is 5.92 Å². The van der Waals surface area contributed by atoms with E-state index in [9.17, 15) is 9.59 Å². The summed E-state index contributed by atoms with van der Waals surface area (Å²) >= 11 is 0. The van der Waals surface area contributed by atoms with Crippen molar-refractivity contribution in [3.05, 3.63) is 81.0 Å². The first-order chi connectivity index (χ1) is 20.3. The lowest BCUT2D eigenvalue weighted by Crippen LogP contribution is -2.46. The van der Waals surface area contributed by atoms with Crippen LogP contribution in [0.4, 0.5) is 5.69 Å². The van der Waals surface area contributed by atoms with Crippen molar-refractivity contribution in [3.63, 3.8) is 0 Å². The van der Waals surface area contributed by atoms with Gasteiger partial charge in [-0.3, -0.25) is 14.2 Å². The van der Waals surface area contributed by atoms with Crippen LogP contribution in [0.2, 0.25) is 0 Å². The number of amides is 1. The number of hydrogen-bond donors (Lipinski definition) is 1. The summed E-state index contributed by atoms with van der Waals surface area (Å²) in [5, 5.41) is 13.3. The van der Waals surface area contributed by atoms with Gasteiger partial charge < -0.3 is 29.4 Å². The third kappa shape index (κ3) is 5.50. The maximum Gasteiger partial charge on any atom is 0.272 e. The fourth-order valence-corrected chi connectivity index (χ4v) is 5.24. The molecule has 3 N–H and O–H groups in total. The van der Waals surface area contributed by atoms with Crippen molar-refractivity contribution in [2.75, 3.05) is 33.8 Å². The molecule has 0 unspecified atom stereocenters. The zero-order valence-electron chi connectivity index (χ0n) is 24.4. The van der Waals surface area contributed by atoms with Crippen LogP contribution in [-0.4, -0.2) is 44.0 Å². The Kier molecular flexibility index (Phi) is 8.10. The molecule has 1 aliphatic rings. The molecule has 5 rings (SSSR count). The highest BCUT2D eigenvalue weighted by Crippen LogP contribution is 2.40. The topological polar surface area (TPSA) is 111 Å². The minimum absolute atomic E-state index is 0.0600. The molecule has 9 nitrogen and oxygen atoms in total. The van der Waals surface area contributed by atoms with E-state index in [4.69, 9.17) is 24.1 Å². The summed E-state index contributed by atoms with van der Waals surface area (Å²) in [4.78, 5) is 27.1. The van der Waals surface area contributed by atoms with E-state index in [2.05, 4.69) is 11.4 Å². The summed E-state index contributed by atoms with van der Waals surface area (Å²) in [7, 11) is 6.14. The van der Waals surface area contributed by atoms with E-state index in [1.807, 2.05) is 42.5 Å². The van der Waals surface area contributed by atoms with Crippen molar-refractivity contribution in [3.8, 4) is 28.7 Å². The molecule has 218 valence electrons. The first-order valence-corrected chi connectivity index (χ1v) is 13.6. The lowest BCUT2D eigenvalue weighted by Gasteiger charge is -2.16. The molecule has 3 aromatic carbocycles. The molecule has 4 aromatic rings. The zero-order chi connectivity index (χ0) is 30.0. The summed E-state index contributed by atoms with van der Waals surface area (Å²) in [5.41, 5.74) is 2.19. The predicted molar refractivity (Wildman–Crippen MR) is 164 cm³/mol. The minimum Gasteiger partial charge on any atom is -0.596 e. The zero-order valence-corrected chi connectivity index (χ0v) is 24.4. The Bertz CT molecular complexity index is 1830. The van der Waals surface area contributed by atoms with E-state index in [0.29, 0.717) is 56.6 Å². The number of nitrogens with zero attached hydrogens (tertiary/aromatic N) is 1. The minimum atomic E-state index is -0.283. The van der Waals surface area contributed by atoms with E-state index in [-0.39, 0.29) is 23.6 Å². The van der Waals surface area contributed by atoms with Gasteiger partial charge in [0.15, 0.2) is 11.5 Å². The van der Waals surface area contributed by atoms with Gasteiger partial charge in [-0.05, 0) is 48.6 Å². The average molecular weight is 572 g/mol. The largest absolute Gasteiger partial charge is 0.596 e. The van der Waals surface area contributed by atoms with E-state index >= 15 is 0 Å². The Morgan fingerprint density at radius 3 is 2.21 bits per heavy atom. The Morgan fingerprint density at radius 1 is 0.952 bits per heavy atom. The molecule has 1 fully saturated rings. The third-order valence-corrected chi connectivity index (χ3v) is 7.30. The lowest BCUT2D eigenvalue weighted by atomic mass is 10.1. The quantitative estimate of drug-likeness (QED) is 0.309. The molecule has 1 aliphatic carbocycles. The highest BCUT2D eigenvalue weighted by atomic mass is 16.5. The van der Waals surface area contributed by atoms with Gasteiger partial charge in [-0.1, -0.05) is 24.3 Å². The van der Waals surface area contributed by atoms with Crippen molar-refractivity contribution >= 4 is 34.3 Å². The molecule has 0 spiro atoms. The number of benzene rings is 3. The van der Waals surface area contributed by atoms with E-state index in [0.717, 1.165) is 23.4 Å². The summed E-state index contributed by atoms with van der Waals surface area (Å²) in [5.74, 6) is 2.24. The van der Waals surface area contributed by atoms with Crippen LogP contribution in [0.15, 0.2) is 59.4 Å². The standard InChI is InChI=1S/C33H34N2O7/c1-19(36)30-24(15-20-12-13-20)31-25(10-7-11-26(31)39-2)35(33(30)38)23-9-6-8-21(14-23)16-29(37)34-22-17-27(40-3)32(42-5)28(18-22)41-4/h6-11,14-15,17-18,20,36H,12-13,16H2,1-5H3,(H,34,37)/p+1/b24-15-,30-19+. The van der Waals surface area contributed by atoms with Crippen LogP contribution < -0.4 is 40.3 Å². The number of fused-ring (bicyclic) bond motifs is 1. The van der Waals surface area contributed by atoms with Crippen molar-refractivity contribution in [2.24, 2.45) is 5.92 Å². The number of nitrogens with one attached hydrogen (secondary N) is 1. The second-order valence-electron chi connectivity index (χ2n) is 10.2. The van der Waals surface area contributed by atoms with E-state index in [1.54, 1.807) is 30.7 Å². The molecular weight excluding hydrogens is 536 g/mol. The number of hydrogen-bond acceptors (Lipinski definition) is 6. The molecular formula is C33H35N2O7+. The van der Waals surface area contributed by atoms with Gasteiger partial charge in [-0.15, -0.1) is 0 Å². The molecule has 1 amide bonds. The normalized spacial score (nSPS) is 14.0. The molecule has 1 aromatic heterocycles. The first kappa shape index (κ1) is 28.6. The smallest absolute Gasteiger partial charge is 0.272 e. The maximum absolute atomic E-state index is 14.0. The highest BCUT2D eigenvalue weighted by Gasteiger charge is 2.22. The van der Waals surface area contributed by atoms with Gasteiger partial charge in [0.05, 0.1) is 40.4 Å². The first-order valence-electron chi connectivity index (χ1n) is 13.6. The van der Waals surface area contributed by atoms with Crippen molar-refractivity contribution in [2.45, 2.75) is 26.2 Å². The number of carbonyl (C=O) groups excluding carboxylic acids is 1.